The standard InChI is InChI=1S/C15H25NO/c1-3-11-16-14(13-8-7-12-17-13)15(2)9-5-4-6-10-15/h7-8,12,14,16H,3-6,9-11H2,1-2H3. The first-order valence-electron chi connectivity index (χ1n) is 7.03. The molecule has 0 aliphatic heterocycles. The fourth-order valence-corrected chi connectivity index (χ4v) is 3.08. The number of hydrogen-bond acceptors (Lipinski definition) is 2. The van der Waals surface area contributed by atoms with Crippen LogP contribution in [0.25, 0.3) is 0 Å². The zero-order valence-corrected chi connectivity index (χ0v) is 11.2. The summed E-state index contributed by atoms with van der Waals surface area (Å²) in [6.45, 7) is 5.71. The highest BCUT2D eigenvalue weighted by molar-refractivity contribution is 5.09. The van der Waals surface area contributed by atoms with Crippen molar-refractivity contribution in [1.29, 1.82) is 0 Å². The fraction of sp³-hybridized carbons (Fsp3) is 0.733. The Morgan fingerprint density at radius 1 is 1.35 bits per heavy atom. The zero-order chi connectivity index (χ0) is 12.1. The normalized spacial score (nSPS) is 21.3. The molecule has 1 aromatic heterocycles. The van der Waals surface area contributed by atoms with Crippen LogP contribution in [0.4, 0.5) is 0 Å². The Kier molecular flexibility index (Phi) is 4.27. The van der Waals surface area contributed by atoms with Crippen molar-refractivity contribution in [3.05, 3.63) is 24.2 Å². The van der Waals surface area contributed by atoms with Crippen LogP contribution in [0, 0.1) is 5.41 Å². The Morgan fingerprint density at radius 3 is 2.71 bits per heavy atom. The van der Waals surface area contributed by atoms with E-state index in [-0.39, 0.29) is 0 Å². The van der Waals surface area contributed by atoms with E-state index in [9.17, 15) is 0 Å². The van der Waals surface area contributed by atoms with Crippen LogP contribution in [-0.2, 0) is 0 Å². The third-order valence-electron chi connectivity index (χ3n) is 4.12. The van der Waals surface area contributed by atoms with Gasteiger partial charge in [0.1, 0.15) is 5.76 Å². The molecule has 1 aliphatic carbocycles. The zero-order valence-electron chi connectivity index (χ0n) is 11.2. The van der Waals surface area contributed by atoms with Gasteiger partial charge in [0.25, 0.3) is 0 Å². The Bertz CT molecular complexity index is 312. The molecule has 0 aromatic carbocycles. The van der Waals surface area contributed by atoms with Gasteiger partial charge in [0.15, 0.2) is 0 Å². The second kappa shape index (κ2) is 5.72. The molecule has 1 fully saturated rings. The van der Waals surface area contributed by atoms with E-state index in [0.717, 1.165) is 12.3 Å². The number of furan rings is 1. The summed E-state index contributed by atoms with van der Waals surface area (Å²) in [6.07, 6.45) is 9.72. The summed E-state index contributed by atoms with van der Waals surface area (Å²) in [5, 5.41) is 3.69. The van der Waals surface area contributed by atoms with Gasteiger partial charge < -0.3 is 9.73 Å². The minimum absolute atomic E-state index is 0.366. The van der Waals surface area contributed by atoms with E-state index in [1.54, 1.807) is 6.26 Å². The van der Waals surface area contributed by atoms with Crippen molar-refractivity contribution in [2.75, 3.05) is 6.54 Å². The van der Waals surface area contributed by atoms with Gasteiger partial charge in [-0.15, -0.1) is 0 Å². The molecule has 2 heteroatoms. The molecule has 0 spiro atoms. The lowest BCUT2D eigenvalue weighted by Crippen LogP contribution is -2.37. The van der Waals surface area contributed by atoms with Crippen LogP contribution < -0.4 is 5.32 Å². The van der Waals surface area contributed by atoms with Crippen molar-refractivity contribution in [2.24, 2.45) is 5.41 Å². The van der Waals surface area contributed by atoms with Gasteiger partial charge in [0, 0.05) is 0 Å². The van der Waals surface area contributed by atoms with Crippen LogP contribution in [-0.4, -0.2) is 6.54 Å². The average molecular weight is 235 g/mol. The molecule has 0 saturated heterocycles. The van der Waals surface area contributed by atoms with E-state index < -0.39 is 0 Å². The van der Waals surface area contributed by atoms with Gasteiger partial charge in [0.05, 0.1) is 12.3 Å². The molecule has 96 valence electrons. The second-order valence-corrected chi connectivity index (χ2v) is 5.62. The van der Waals surface area contributed by atoms with E-state index in [2.05, 4.69) is 25.2 Å². The predicted molar refractivity (Wildman–Crippen MR) is 70.9 cm³/mol. The highest BCUT2D eigenvalue weighted by Crippen LogP contribution is 2.45. The van der Waals surface area contributed by atoms with Crippen LogP contribution in [0.15, 0.2) is 22.8 Å². The molecule has 2 rings (SSSR count). The van der Waals surface area contributed by atoms with Crippen LogP contribution in [0.1, 0.15) is 64.2 Å². The van der Waals surface area contributed by atoms with Gasteiger partial charge in [-0.3, -0.25) is 0 Å². The summed E-state index contributed by atoms with van der Waals surface area (Å²) >= 11 is 0. The van der Waals surface area contributed by atoms with Crippen molar-refractivity contribution < 1.29 is 4.42 Å². The molecule has 1 N–H and O–H groups in total. The Morgan fingerprint density at radius 2 is 2.12 bits per heavy atom. The molecule has 0 radical (unpaired) electrons. The van der Waals surface area contributed by atoms with Crippen molar-refractivity contribution in [3.8, 4) is 0 Å². The van der Waals surface area contributed by atoms with Crippen LogP contribution in [0.5, 0.6) is 0 Å². The van der Waals surface area contributed by atoms with Crippen molar-refractivity contribution >= 4 is 0 Å². The Hall–Kier alpha value is -0.760. The van der Waals surface area contributed by atoms with E-state index >= 15 is 0 Å². The summed E-state index contributed by atoms with van der Waals surface area (Å²) in [6, 6.07) is 4.51. The largest absolute Gasteiger partial charge is 0.468 e. The molecule has 1 aliphatic rings. The van der Waals surface area contributed by atoms with Gasteiger partial charge in [-0.05, 0) is 43.4 Å². The summed E-state index contributed by atoms with van der Waals surface area (Å²) < 4.78 is 5.65. The lowest BCUT2D eigenvalue weighted by molar-refractivity contribution is 0.129. The molecule has 0 bridgehead atoms. The van der Waals surface area contributed by atoms with E-state index in [0.29, 0.717) is 11.5 Å². The van der Waals surface area contributed by atoms with Gasteiger partial charge in [-0.1, -0.05) is 33.1 Å². The van der Waals surface area contributed by atoms with Crippen LogP contribution in [0.2, 0.25) is 0 Å². The SMILES string of the molecule is CCCNC(c1ccco1)C1(C)CCCCC1. The third-order valence-corrected chi connectivity index (χ3v) is 4.12. The Labute approximate surface area is 105 Å². The van der Waals surface area contributed by atoms with Gasteiger partial charge >= 0.3 is 0 Å². The topological polar surface area (TPSA) is 25.2 Å². The summed E-state index contributed by atoms with van der Waals surface area (Å²) in [5.74, 6) is 1.11. The van der Waals surface area contributed by atoms with E-state index in [1.165, 1.54) is 38.5 Å². The van der Waals surface area contributed by atoms with Crippen LogP contribution >= 0.6 is 0 Å². The average Bonchev–Trinajstić information content (AvgIpc) is 2.84. The molecule has 0 amide bonds. The van der Waals surface area contributed by atoms with E-state index in [4.69, 9.17) is 4.42 Å². The molecule has 1 atom stereocenters. The summed E-state index contributed by atoms with van der Waals surface area (Å²) in [5.41, 5.74) is 0.366. The van der Waals surface area contributed by atoms with Gasteiger partial charge in [-0.25, -0.2) is 0 Å². The smallest absolute Gasteiger partial charge is 0.121 e. The van der Waals surface area contributed by atoms with Crippen molar-refractivity contribution in [1.82, 2.24) is 5.32 Å². The molecule has 1 aromatic rings. The first-order chi connectivity index (χ1) is 8.26. The number of nitrogens with one attached hydrogen (secondary N) is 1. The second-order valence-electron chi connectivity index (χ2n) is 5.62. The number of hydrogen-bond donors (Lipinski definition) is 1. The van der Waals surface area contributed by atoms with Crippen molar-refractivity contribution in [3.63, 3.8) is 0 Å². The van der Waals surface area contributed by atoms with Crippen LogP contribution in [0.3, 0.4) is 0 Å². The van der Waals surface area contributed by atoms with E-state index in [1.807, 2.05) is 6.07 Å². The third kappa shape index (κ3) is 2.92. The molecular formula is C15H25NO. The maximum absolute atomic E-state index is 5.65. The maximum atomic E-state index is 5.65. The highest BCUT2D eigenvalue weighted by atomic mass is 16.3. The number of rotatable bonds is 5. The first-order valence-corrected chi connectivity index (χ1v) is 7.03. The van der Waals surface area contributed by atoms with Gasteiger partial charge in [0.2, 0.25) is 0 Å². The monoisotopic (exact) mass is 235 g/mol. The quantitative estimate of drug-likeness (QED) is 0.823. The summed E-state index contributed by atoms with van der Waals surface area (Å²) in [4.78, 5) is 0. The summed E-state index contributed by atoms with van der Waals surface area (Å²) in [7, 11) is 0. The lowest BCUT2D eigenvalue weighted by Gasteiger charge is -2.40. The first kappa shape index (κ1) is 12.7. The fourth-order valence-electron chi connectivity index (χ4n) is 3.08. The molecule has 2 nitrogen and oxygen atoms in total. The maximum Gasteiger partial charge on any atom is 0.121 e. The van der Waals surface area contributed by atoms with Crippen molar-refractivity contribution in [2.45, 2.75) is 58.4 Å². The predicted octanol–water partition coefficient (Wildman–Crippen LogP) is 4.29. The minimum atomic E-state index is 0.366. The molecule has 1 saturated carbocycles. The molecular weight excluding hydrogens is 210 g/mol. The minimum Gasteiger partial charge on any atom is -0.468 e. The Balaban J connectivity index is 2.13. The highest BCUT2D eigenvalue weighted by Gasteiger charge is 2.37. The van der Waals surface area contributed by atoms with Gasteiger partial charge in [-0.2, -0.15) is 0 Å². The lowest BCUT2D eigenvalue weighted by atomic mass is 9.70. The molecule has 17 heavy (non-hydrogen) atoms. The molecule has 1 unspecified atom stereocenters. The molecule has 1 heterocycles.